The standard InChI is InChI=1S/C23H23N3O4/c1-15-20(29-16(2)22(27)25-10-5-12-26-13-11-24-14-26)9-8-18-17-6-3-4-7-19(17)23(28)30-21(15)18/h3-4,6-9,11,13-14,16H,5,10,12H2,1-2H3,(H,25,27)/t16-/m1/s1. The van der Waals surface area contributed by atoms with E-state index in [9.17, 15) is 9.59 Å². The first-order valence-electron chi connectivity index (χ1n) is 9.90. The average Bonchev–Trinajstić information content (AvgIpc) is 3.27. The maximum absolute atomic E-state index is 12.4. The summed E-state index contributed by atoms with van der Waals surface area (Å²) in [4.78, 5) is 28.7. The van der Waals surface area contributed by atoms with Gasteiger partial charge < -0.3 is 19.0 Å². The molecule has 0 spiro atoms. The number of imidazole rings is 1. The molecule has 0 saturated carbocycles. The molecule has 30 heavy (non-hydrogen) atoms. The van der Waals surface area contributed by atoms with E-state index in [1.807, 2.05) is 48.0 Å². The summed E-state index contributed by atoms with van der Waals surface area (Å²) in [6, 6.07) is 11.0. The molecule has 0 aliphatic rings. The molecule has 7 heteroatoms. The number of nitrogens with zero attached hydrogens (tertiary/aromatic N) is 2. The molecule has 0 radical (unpaired) electrons. The maximum atomic E-state index is 12.4. The number of aryl methyl sites for hydroxylation is 2. The minimum absolute atomic E-state index is 0.194. The summed E-state index contributed by atoms with van der Waals surface area (Å²) in [6.07, 6.45) is 5.48. The van der Waals surface area contributed by atoms with Crippen molar-refractivity contribution in [3.63, 3.8) is 0 Å². The molecule has 1 atom stereocenters. The third kappa shape index (κ3) is 3.91. The molecule has 1 N–H and O–H groups in total. The zero-order chi connectivity index (χ0) is 21.1. The summed E-state index contributed by atoms with van der Waals surface area (Å²) < 4.78 is 13.4. The summed E-state index contributed by atoms with van der Waals surface area (Å²) in [7, 11) is 0. The van der Waals surface area contributed by atoms with Gasteiger partial charge in [0.05, 0.1) is 11.7 Å². The molecule has 0 bridgehead atoms. The van der Waals surface area contributed by atoms with Crippen molar-refractivity contribution in [1.29, 1.82) is 0 Å². The smallest absolute Gasteiger partial charge is 0.344 e. The predicted octanol–water partition coefficient (Wildman–Crippen LogP) is 3.42. The van der Waals surface area contributed by atoms with Crippen LogP contribution >= 0.6 is 0 Å². The lowest BCUT2D eigenvalue weighted by molar-refractivity contribution is -0.127. The van der Waals surface area contributed by atoms with E-state index in [4.69, 9.17) is 9.15 Å². The van der Waals surface area contributed by atoms with Gasteiger partial charge in [-0.2, -0.15) is 0 Å². The van der Waals surface area contributed by atoms with Crippen LogP contribution in [0.2, 0.25) is 0 Å². The molecule has 4 rings (SSSR count). The van der Waals surface area contributed by atoms with Gasteiger partial charge in [0.15, 0.2) is 6.10 Å². The van der Waals surface area contributed by atoms with Crippen LogP contribution in [0.15, 0.2) is 64.3 Å². The van der Waals surface area contributed by atoms with Crippen molar-refractivity contribution in [2.45, 2.75) is 32.9 Å². The molecule has 4 aromatic rings. The lowest BCUT2D eigenvalue weighted by atomic mass is 10.0. The van der Waals surface area contributed by atoms with Crippen LogP contribution in [0.5, 0.6) is 5.75 Å². The molecule has 1 amide bonds. The van der Waals surface area contributed by atoms with Crippen LogP contribution < -0.4 is 15.7 Å². The Hall–Kier alpha value is -3.61. The van der Waals surface area contributed by atoms with Crippen LogP contribution in [0, 0.1) is 6.92 Å². The number of nitrogens with one attached hydrogen (secondary N) is 1. The van der Waals surface area contributed by atoms with Crippen LogP contribution in [-0.2, 0) is 11.3 Å². The molecule has 0 saturated heterocycles. The van der Waals surface area contributed by atoms with Gasteiger partial charge in [-0.3, -0.25) is 4.79 Å². The number of benzene rings is 2. The Morgan fingerprint density at radius 2 is 2.00 bits per heavy atom. The SMILES string of the molecule is Cc1c(O[C@H](C)C(=O)NCCCn2ccnc2)ccc2c1oc(=O)c1ccccc12. The fraction of sp³-hybridized carbons (Fsp3) is 0.261. The van der Waals surface area contributed by atoms with E-state index < -0.39 is 6.10 Å². The Labute approximate surface area is 173 Å². The number of carbonyl (C=O) groups excluding carboxylic acids is 1. The lowest BCUT2D eigenvalue weighted by Crippen LogP contribution is -2.37. The molecule has 0 unspecified atom stereocenters. The number of ether oxygens (including phenoxy) is 1. The first kappa shape index (κ1) is 19.7. The van der Waals surface area contributed by atoms with E-state index in [0.29, 0.717) is 28.8 Å². The van der Waals surface area contributed by atoms with Gasteiger partial charge in [0.2, 0.25) is 0 Å². The Morgan fingerprint density at radius 3 is 2.77 bits per heavy atom. The van der Waals surface area contributed by atoms with Crippen LogP contribution in [0.3, 0.4) is 0 Å². The average molecular weight is 405 g/mol. The maximum Gasteiger partial charge on any atom is 0.344 e. The summed E-state index contributed by atoms with van der Waals surface area (Å²) in [5.41, 5.74) is 0.779. The summed E-state index contributed by atoms with van der Waals surface area (Å²) in [5, 5.41) is 5.10. The molecule has 0 fully saturated rings. The van der Waals surface area contributed by atoms with Gasteiger partial charge in [0.25, 0.3) is 5.91 Å². The predicted molar refractivity (Wildman–Crippen MR) is 115 cm³/mol. The largest absolute Gasteiger partial charge is 0.480 e. The summed E-state index contributed by atoms with van der Waals surface area (Å²) in [6.45, 7) is 4.85. The molecule has 154 valence electrons. The van der Waals surface area contributed by atoms with Crippen molar-refractivity contribution in [3.8, 4) is 5.75 Å². The molecule has 0 aliphatic carbocycles. The number of hydrogen-bond acceptors (Lipinski definition) is 5. The van der Waals surface area contributed by atoms with Gasteiger partial charge in [-0.05, 0) is 43.9 Å². The highest BCUT2D eigenvalue weighted by atomic mass is 16.5. The lowest BCUT2D eigenvalue weighted by Gasteiger charge is -2.17. The molecular weight excluding hydrogens is 382 g/mol. The van der Waals surface area contributed by atoms with E-state index in [2.05, 4.69) is 10.3 Å². The number of rotatable bonds is 7. The normalized spacial score (nSPS) is 12.2. The Morgan fingerprint density at radius 1 is 1.20 bits per heavy atom. The van der Waals surface area contributed by atoms with Crippen molar-refractivity contribution in [1.82, 2.24) is 14.9 Å². The quantitative estimate of drug-likeness (QED) is 0.289. The molecule has 2 aromatic heterocycles. The monoisotopic (exact) mass is 405 g/mol. The fourth-order valence-corrected chi connectivity index (χ4v) is 3.47. The van der Waals surface area contributed by atoms with Gasteiger partial charge in [0, 0.05) is 36.4 Å². The molecule has 0 aliphatic heterocycles. The summed E-state index contributed by atoms with van der Waals surface area (Å²) >= 11 is 0. The van der Waals surface area contributed by atoms with E-state index in [1.165, 1.54) is 0 Å². The minimum atomic E-state index is -0.679. The second-order valence-corrected chi connectivity index (χ2v) is 7.21. The van der Waals surface area contributed by atoms with Crippen molar-refractivity contribution >= 4 is 27.6 Å². The minimum Gasteiger partial charge on any atom is -0.480 e. The number of aromatic nitrogens is 2. The van der Waals surface area contributed by atoms with Crippen LogP contribution in [0.1, 0.15) is 18.9 Å². The fourth-order valence-electron chi connectivity index (χ4n) is 3.47. The molecule has 2 aromatic carbocycles. The molecule has 7 nitrogen and oxygen atoms in total. The number of hydrogen-bond donors (Lipinski definition) is 1. The van der Waals surface area contributed by atoms with Crippen molar-refractivity contribution in [3.05, 3.63) is 71.1 Å². The Bertz CT molecular complexity index is 1240. The van der Waals surface area contributed by atoms with Crippen LogP contribution in [-0.4, -0.2) is 28.1 Å². The van der Waals surface area contributed by atoms with Gasteiger partial charge in [-0.25, -0.2) is 9.78 Å². The highest BCUT2D eigenvalue weighted by Gasteiger charge is 2.18. The van der Waals surface area contributed by atoms with E-state index >= 15 is 0 Å². The number of amides is 1. The molecule has 2 heterocycles. The van der Waals surface area contributed by atoms with Crippen molar-refractivity contribution < 1.29 is 13.9 Å². The summed E-state index contributed by atoms with van der Waals surface area (Å²) in [5.74, 6) is 0.321. The first-order valence-corrected chi connectivity index (χ1v) is 9.90. The third-order valence-electron chi connectivity index (χ3n) is 5.11. The second kappa shape index (κ2) is 8.41. The van der Waals surface area contributed by atoms with Gasteiger partial charge >= 0.3 is 5.63 Å². The highest BCUT2D eigenvalue weighted by molar-refractivity contribution is 6.05. The van der Waals surface area contributed by atoms with E-state index in [0.717, 1.165) is 23.7 Å². The van der Waals surface area contributed by atoms with Crippen molar-refractivity contribution in [2.75, 3.05) is 6.54 Å². The zero-order valence-corrected chi connectivity index (χ0v) is 16.9. The Balaban J connectivity index is 1.46. The van der Waals surface area contributed by atoms with Gasteiger partial charge in [-0.1, -0.05) is 18.2 Å². The first-order chi connectivity index (χ1) is 14.5. The van der Waals surface area contributed by atoms with E-state index in [1.54, 1.807) is 25.5 Å². The van der Waals surface area contributed by atoms with Crippen LogP contribution in [0.25, 0.3) is 21.7 Å². The Kier molecular flexibility index (Phi) is 5.52. The van der Waals surface area contributed by atoms with E-state index in [-0.39, 0.29) is 11.5 Å². The highest BCUT2D eigenvalue weighted by Crippen LogP contribution is 2.31. The number of carbonyl (C=O) groups is 1. The number of fused-ring (bicyclic) bond motifs is 3. The van der Waals surface area contributed by atoms with Crippen LogP contribution in [0.4, 0.5) is 0 Å². The topological polar surface area (TPSA) is 86.4 Å². The third-order valence-corrected chi connectivity index (χ3v) is 5.11. The molecular formula is C23H23N3O4. The van der Waals surface area contributed by atoms with Crippen molar-refractivity contribution in [2.24, 2.45) is 0 Å². The second-order valence-electron chi connectivity index (χ2n) is 7.21. The van der Waals surface area contributed by atoms with Gasteiger partial charge in [0.1, 0.15) is 11.3 Å². The van der Waals surface area contributed by atoms with Gasteiger partial charge in [-0.15, -0.1) is 0 Å². The zero-order valence-electron chi connectivity index (χ0n) is 16.9.